The molecule has 12 heavy (non-hydrogen) atoms. The van der Waals surface area contributed by atoms with Gasteiger partial charge in [0.15, 0.2) is 11.6 Å². The maximum Gasteiger partial charge on any atom is 0.198 e. The molecule has 0 aromatic carbocycles. The van der Waals surface area contributed by atoms with Crippen molar-refractivity contribution in [2.75, 3.05) is 0 Å². The summed E-state index contributed by atoms with van der Waals surface area (Å²) in [5.74, 6) is 0.118. The number of carbonyl (C=O) groups excluding carboxylic acids is 2. The summed E-state index contributed by atoms with van der Waals surface area (Å²) in [7, 11) is 0. The van der Waals surface area contributed by atoms with E-state index in [1.54, 1.807) is 0 Å². The van der Waals surface area contributed by atoms with Crippen LogP contribution in [0, 0.1) is 5.92 Å². The molecule has 0 heterocycles. The molecule has 0 radical (unpaired) electrons. The number of Topliss-reactive ketones (excluding diaryl/α,β-unsaturated/α-hetero) is 2. The Labute approximate surface area is 74.3 Å². The SMILES string of the molecule is CCCC(=O)C(=O)CCC(C)C. The zero-order valence-electron chi connectivity index (χ0n) is 8.22. The Bertz CT molecular complexity index is 159. The van der Waals surface area contributed by atoms with Crippen molar-refractivity contribution in [3.8, 4) is 0 Å². The van der Waals surface area contributed by atoms with Gasteiger partial charge in [-0.2, -0.15) is 0 Å². The number of rotatable bonds is 6. The first-order valence-electron chi connectivity index (χ1n) is 4.64. The van der Waals surface area contributed by atoms with E-state index in [1.165, 1.54) is 0 Å². The molecular weight excluding hydrogens is 152 g/mol. The lowest BCUT2D eigenvalue weighted by atomic mass is 10.0. The molecular formula is C10H18O2. The van der Waals surface area contributed by atoms with Crippen LogP contribution in [0.25, 0.3) is 0 Å². The molecule has 2 heteroatoms. The van der Waals surface area contributed by atoms with Gasteiger partial charge in [0.2, 0.25) is 0 Å². The predicted octanol–water partition coefficient (Wildman–Crippen LogP) is 2.36. The van der Waals surface area contributed by atoms with Gasteiger partial charge in [0, 0.05) is 12.8 Å². The number of hydrogen-bond acceptors (Lipinski definition) is 2. The highest BCUT2D eigenvalue weighted by atomic mass is 16.2. The summed E-state index contributed by atoms with van der Waals surface area (Å²) in [5.41, 5.74) is 0. The lowest BCUT2D eigenvalue weighted by Crippen LogP contribution is -2.13. The standard InChI is InChI=1S/C10H18O2/c1-4-5-9(11)10(12)7-6-8(2)3/h8H,4-7H2,1-3H3. The van der Waals surface area contributed by atoms with Gasteiger partial charge in [0.25, 0.3) is 0 Å². The molecule has 0 saturated carbocycles. The fourth-order valence-corrected chi connectivity index (χ4v) is 0.926. The third-order valence-corrected chi connectivity index (χ3v) is 1.74. The minimum absolute atomic E-state index is 0.189. The quantitative estimate of drug-likeness (QED) is 0.573. The van der Waals surface area contributed by atoms with Crippen molar-refractivity contribution in [2.45, 2.75) is 46.5 Å². The van der Waals surface area contributed by atoms with E-state index in [9.17, 15) is 9.59 Å². The Morgan fingerprint density at radius 3 is 2.00 bits per heavy atom. The zero-order chi connectivity index (χ0) is 9.56. The number of ketones is 2. The molecule has 0 saturated heterocycles. The molecule has 2 nitrogen and oxygen atoms in total. The van der Waals surface area contributed by atoms with Crippen molar-refractivity contribution in [3.63, 3.8) is 0 Å². The second-order valence-corrected chi connectivity index (χ2v) is 3.53. The van der Waals surface area contributed by atoms with E-state index >= 15 is 0 Å². The maximum atomic E-state index is 11.1. The molecule has 0 bridgehead atoms. The molecule has 0 amide bonds. The van der Waals surface area contributed by atoms with E-state index in [-0.39, 0.29) is 11.6 Å². The summed E-state index contributed by atoms with van der Waals surface area (Å²) in [6.45, 7) is 6.02. The van der Waals surface area contributed by atoms with E-state index in [4.69, 9.17) is 0 Å². The van der Waals surface area contributed by atoms with Crippen molar-refractivity contribution >= 4 is 11.6 Å². The zero-order valence-corrected chi connectivity index (χ0v) is 8.22. The fraction of sp³-hybridized carbons (Fsp3) is 0.800. The summed E-state index contributed by atoms with van der Waals surface area (Å²) >= 11 is 0. The molecule has 0 unspecified atom stereocenters. The molecule has 0 aliphatic rings. The van der Waals surface area contributed by atoms with Crippen molar-refractivity contribution in [2.24, 2.45) is 5.92 Å². The maximum absolute atomic E-state index is 11.1. The van der Waals surface area contributed by atoms with E-state index in [2.05, 4.69) is 13.8 Å². The highest BCUT2D eigenvalue weighted by Crippen LogP contribution is 2.05. The fourth-order valence-electron chi connectivity index (χ4n) is 0.926. The Morgan fingerprint density at radius 1 is 1.08 bits per heavy atom. The van der Waals surface area contributed by atoms with E-state index < -0.39 is 0 Å². The smallest absolute Gasteiger partial charge is 0.198 e. The van der Waals surface area contributed by atoms with Crippen molar-refractivity contribution in [3.05, 3.63) is 0 Å². The van der Waals surface area contributed by atoms with Crippen LogP contribution >= 0.6 is 0 Å². The normalized spacial score (nSPS) is 10.3. The van der Waals surface area contributed by atoms with Gasteiger partial charge in [-0.05, 0) is 18.8 Å². The predicted molar refractivity (Wildman–Crippen MR) is 49.0 cm³/mol. The summed E-state index contributed by atoms with van der Waals surface area (Å²) < 4.78 is 0. The van der Waals surface area contributed by atoms with E-state index in [0.29, 0.717) is 18.8 Å². The van der Waals surface area contributed by atoms with Gasteiger partial charge in [0.05, 0.1) is 0 Å². The van der Waals surface area contributed by atoms with E-state index in [0.717, 1.165) is 12.8 Å². The second kappa shape index (κ2) is 5.92. The Hall–Kier alpha value is -0.660. The number of hydrogen-bond donors (Lipinski definition) is 0. The van der Waals surface area contributed by atoms with Gasteiger partial charge in [-0.3, -0.25) is 9.59 Å². The number of carbonyl (C=O) groups is 2. The van der Waals surface area contributed by atoms with Crippen molar-refractivity contribution in [1.29, 1.82) is 0 Å². The first-order chi connectivity index (χ1) is 5.57. The molecule has 0 aliphatic carbocycles. The summed E-state index contributed by atoms with van der Waals surface area (Å²) in [4.78, 5) is 22.1. The van der Waals surface area contributed by atoms with Crippen LogP contribution in [0.3, 0.4) is 0 Å². The molecule has 0 aromatic heterocycles. The first kappa shape index (κ1) is 11.3. The summed E-state index contributed by atoms with van der Waals surface area (Å²) in [6, 6.07) is 0. The lowest BCUT2D eigenvalue weighted by Gasteiger charge is -2.01. The third kappa shape index (κ3) is 5.05. The highest BCUT2D eigenvalue weighted by molar-refractivity contribution is 6.37. The minimum Gasteiger partial charge on any atom is -0.291 e. The molecule has 0 atom stereocenters. The van der Waals surface area contributed by atoms with Gasteiger partial charge in [-0.1, -0.05) is 20.8 Å². The van der Waals surface area contributed by atoms with E-state index in [1.807, 2.05) is 6.92 Å². The van der Waals surface area contributed by atoms with Crippen LogP contribution in [0.2, 0.25) is 0 Å². The largest absolute Gasteiger partial charge is 0.291 e. The molecule has 0 aliphatic heterocycles. The lowest BCUT2D eigenvalue weighted by molar-refractivity contribution is -0.136. The average molecular weight is 170 g/mol. The van der Waals surface area contributed by atoms with Crippen LogP contribution < -0.4 is 0 Å². The van der Waals surface area contributed by atoms with Crippen LogP contribution in [0.1, 0.15) is 46.5 Å². The Morgan fingerprint density at radius 2 is 1.58 bits per heavy atom. The molecule has 0 N–H and O–H groups in total. The summed E-state index contributed by atoms with van der Waals surface area (Å²) in [6.07, 6.45) is 2.44. The van der Waals surface area contributed by atoms with Crippen LogP contribution in [-0.4, -0.2) is 11.6 Å². The van der Waals surface area contributed by atoms with Gasteiger partial charge in [-0.15, -0.1) is 0 Å². The average Bonchev–Trinajstić information content (AvgIpc) is 2.00. The van der Waals surface area contributed by atoms with Crippen LogP contribution in [-0.2, 0) is 9.59 Å². The molecule has 0 aromatic rings. The summed E-state index contributed by atoms with van der Waals surface area (Å²) in [5, 5.41) is 0. The van der Waals surface area contributed by atoms with Gasteiger partial charge in [0.1, 0.15) is 0 Å². The van der Waals surface area contributed by atoms with Gasteiger partial charge < -0.3 is 0 Å². The first-order valence-corrected chi connectivity index (χ1v) is 4.64. The van der Waals surface area contributed by atoms with Crippen LogP contribution in [0.5, 0.6) is 0 Å². The third-order valence-electron chi connectivity index (χ3n) is 1.74. The highest BCUT2D eigenvalue weighted by Gasteiger charge is 2.12. The van der Waals surface area contributed by atoms with Crippen molar-refractivity contribution in [1.82, 2.24) is 0 Å². The minimum atomic E-state index is -0.196. The molecule has 0 fully saturated rings. The van der Waals surface area contributed by atoms with Crippen molar-refractivity contribution < 1.29 is 9.59 Å². The Balaban J connectivity index is 3.65. The topological polar surface area (TPSA) is 34.1 Å². The molecule has 0 spiro atoms. The second-order valence-electron chi connectivity index (χ2n) is 3.53. The Kier molecular flexibility index (Phi) is 5.60. The van der Waals surface area contributed by atoms with Crippen LogP contribution in [0.4, 0.5) is 0 Å². The monoisotopic (exact) mass is 170 g/mol. The molecule has 70 valence electrons. The molecule has 0 rings (SSSR count). The van der Waals surface area contributed by atoms with Crippen LogP contribution in [0.15, 0.2) is 0 Å². The van der Waals surface area contributed by atoms with Gasteiger partial charge in [-0.25, -0.2) is 0 Å². The van der Waals surface area contributed by atoms with Gasteiger partial charge >= 0.3 is 0 Å².